The fourth-order valence-corrected chi connectivity index (χ4v) is 4.46. The van der Waals surface area contributed by atoms with E-state index in [2.05, 4.69) is 5.32 Å². The molecule has 4 rings (SSSR count). The third-order valence-electron chi connectivity index (χ3n) is 6.25. The molecule has 1 fully saturated rings. The molecular weight excluding hydrogens is 464 g/mol. The van der Waals surface area contributed by atoms with E-state index in [1.165, 1.54) is 41.3 Å². The molecule has 186 valence electrons. The third-order valence-corrected chi connectivity index (χ3v) is 6.25. The summed E-state index contributed by atoms with van der Waals surface area (Å²) >= 11 is 0. The van der Waals surface area contributed by atoms with Crippen molar-refractivity contribution in [2.75, 3.05) is 23.4 Å². The predicted octanol–water partition coefficient (Wildman–Crippen LogP) is 3.36. The van der Waals surface area contributed by atoms with E-state index >= 15 is 0 Å². The minimum Gasteiger partial charge on any atom is -0.462 e. The second kappa shape index (κ2) is 10.6. The van der Waals surface area contributed by atoms with Crippen molar-refractivity contribution < 1.29 is 33.4 Å². The van der Waals surface area contributed by atoms with Gasteiger partial charge in [-0.3, -0.25) is 19.3 Å². The summed E-state index contributed by atoms with van der Waals surface area (Å²) in [6, 6.07) is 12.1. The highest BCUT2D eigenvalue weighted by molar-refractivity contribution is 6.22. The van der Waals surface area contributed by atoms with Crippen LogP contribution in [0.15, 0.2) is 60.7 Å². The molecule has 36 heavy (non-hydrogen) atoms. The highest BCUT2D eigenvalue weighted by Crippen LogP contribution is 2.40. The Morgan fingerprint density at radius 3 is 2.14 bits per heavy atom. The second-order valence-electron chi connectivity index (χ2n) is 8.64. The molecule has 0 unspecified atom stereocenters. The van der Waals surface area contributed by atoms with Gasteiger partial charge in [-0.15, -0.1) is 0 Å². The van der Waals surface area contributed by atoms with E-state index < -0.39 is 24.5 Å². The van der Waals surface area contributed by atoms with Crippen LogP contribution in [0.25, 0.3) is 0 Å². The Labute approximate surface area is 208 Å². The number of nitrogens with zero attached hydrogens (tertiary/aromatic N) is 1. The van der Waals surface area contributed by atoms with Crippen molar-refractivity contribution in [2.45, 2.75) is 20.3 Å². The molecule has 0 bridgehead atoms. The van der Waals surface area contributed by atoms with Crippen LogP contribution in [-0.4, -0.2) is 42.9 Å². The summed E-state index contributed by atoms with van der Waals surface area (Å²) in [5, 5.41) is 2.58. The molecule has 0 radical (unpaired) electrons. The number of rotatable bonds is 7. The Hall–Kier alpha value is -4.27. The quantitative estimate of drug-likeness (QED) is 0.359. The van der Waals surface area contributed by atoms with Crippen molar-refractivity contribution in [1.82, 2.24) is 0 Å². The third kappa shape index (κ3) is 5.05. The van der Waals surface area contributed by atoms with E-state index in [0.29, 0.717) is 23.4 Å². The normalized spacial score (nSPS) is 20.6. The van der Waals surface area contributed by atoms with Gasteiger partial charge in [-0.2, -0.15) is 0 Å². The Bertz CT molecular complexity index is 1220. The number of allylic oxidation sites excluding steroid dienone is 2. The Kier molecular flexibility index (Phi) is 7.28. The monoisotopic (exact) mass is 490 g/mol. The summed E-state index contributed by atoms with van der Waals surface area (Å²) in [6.07, 6.45) is 4.44. The number of carbonyl (C=O) groups excluding carboxylic acids is 5. The zero-order chi connectivity index (χ0) is 25.8. The van der Waals surface area contributed by atoms with Crippen LogP contribution in [0.3, 0.4) is 0 Å². The van der Waals surface area contributed by atoms with Gasteiger partial charge in [0.2, 0.25) is 11.8 Å². The number of amides is 3. The minimum atomic E-state index is -0.722. The number of esters is 2. The Balaban J connectivity index is 1.31. The molecule has 1 saturated heterocycles. The van der Waals surface area contributed by atoms with Gasteiger partial charge in [0, 0.05) is 5.69 Å². The molecule has 2 aromatic carbocycles. The minimum absolute atomic E-state index is 0.0129. The van der Waals surface area contributed by atoms with E-state index in [9.17, 15) is 24.0 Å². The topological polar surface area (TPSA) is 119 Å². The molecule has 0 spiro atoms. The van der Waals surface area contributed by atoms with Crippen molar-refractivity contribution in [3.63, 3.8) is 0 Å². The average molecular weight is 491 g/mol. The van der Waals surface area contributed by atoms with Crippen LogP contribution in [-0.2, 0) is 23.9 Å². The first-order valence-electron chi connectivity index (χ1n) is 11.7. The van der Waals surface area contributed by atoms with Gasteiger partial charge in [0.15, 0.2) is 6.61 Å². The molecule has 2 aliphatic rings. The summed E-state index contributed by atoms with van der Waals surface area (Å²) in [4.78, 5) is 63.1. The lowest BCUT2D eigenvalue weighted by Gasteiger charge is -2.22. The molecule has 1 aliphatic carbocycles. The lowest BCUT2D eigenvalue weighted by molar-refractivity contribution is -0.123. The average Bonchev–Trinajstić information content (AvgIpc) is 3.14. The van der Waals surface area contributed by atoms with Gasteiger partial charge in [-0.05, 0) is 67.8 Å². The van der Waals surface area contributed by atoms with E-state index in [1.807, 2.05) is 19.1 Å². The maximum absolute atomic E-state index is 12.9. The maximum Gasteiger partial charge on any atom is 0.338 e. The molecule has 0 aromatic heterocycles. The number of benzene rings is 2. The van der Waals surface area contributed by atoms with Crippen LogP contribution in [0, 0.1) is 17.8 Å². The molecule has 1 aliphatic heterocycles. The molecular formula is C27H26N2O7. The Morgan fingerprint density at radius 1 is 0.917 bits per heavy atom. The SMILES string of the molecule is CCOC(=O)c1ccc(NC(=O)COC(=O)c2ccc(N3C(=O)[C@H]4[C@@H](C)C=CC[C@H]4C3=O)cc2)cc1. The van der Waals surface area contributed by atoms with Crippen LogP contribution in [0.4, 0.5) is 11.4 Å². The fraction of sp³-hybridized carbons (Fsp3) is 0.296. The van der Waals surface area contributed by atoms with Crippen molar-refractivity contribution in [3.05, 3.63) is 71.8 Å². The first-order chi connectivity index (χ1) is 17.3. The molecule has 1 N–H and O–H groups in total. The highest BCUT2D eigenvalue weighted by atomic mass is 16.5. The molecule has 9 heteroatoms. The van der Waals surface area contributed by atoms with Gasteiger partial charge in [0.25, 0.3) is 5.91 Å². The number of hydrogen-bond acceptors (Lipinski definition) is 7. The van der Waals surface area contributed by atoms with Crippen LogP contribution in [0.2, 0.25) is 0 Å². The van der Waals surface area contributed by atoms with Crippen LogP contribution >= 0.6 is 0 Å². The largest absolute Gasteiger partial charge is 0.462 e. The lowest BCUT2D eigenvalue weighted by atomic mass is 9.78. The number of nitrogens with one attached hydrogen (secondary N) is 1. The van der Waals surface area contributed by atoms with E-state index in [-0.39, 0.29) is 41.7 Å². The first-order valence-corrected chi connectivity index (χ1v) is 11.7. The lowest BCUT2D eigenvalue weighted by Crippen LogP contribution is -2.31. The smallest absolute Gasteiger partial charge is 0.338 e. The summed E-state index contributed by atoms with van der Waals surface area (Å²) in [5.41, 5.74) is 1.36. The van der Waals surface area contributed by atoms with Crippen LogP contribution in [0.5, 0.6) is 0 Å². The zero-order valence-corrected chi connectivity index (χ0v) is 19.9. The second-order valence-corrected chi connectivity index (χ2v) is 8.64. The summed E-state index contributed by atoms with van der Waals surface area (Å²) in [7, 11) is 0. The van der Waals surface area contributed by atoms with Crippen molar-refractivity contribution >= 4 is 41.0 Å². The number of fused-ring (bicyclic) bond motifs is 1. The molecule has 1 heterocycles. The summed E-state index contributed by atoms with van der Waals surface area (Å²) in [5.74, 6) is -2.94. The van der Waals surface area contributed by atoms with Crippen molar-refractivity contribution in [2.24, 2.45) is 17.8 Å². The fourth-order valence-electron chi connectivity index (χ4n) is 4.46. The number of anilines is 2. The standard InChI is InChI=1S/C27H26N2O7/c1-3-35-26(33)17-7-11-19(12-8-17)28-22(30)15-36-27(34)18-9-13-20(14-10-18)29-24(31)21-6-4-5-16(2)23(21)25(29)32/h4-5,7-14,16,21,23H,3,6,15H2,1-2H3,(H,28,30)/t16-,21+,23-/m0/s1. The number of hydrogen-bond donors (Lipinski definition) is 1. The van der Waals surface area contributed by atoms with Gasteiger partial charge >= 0.3 is 11.9 Å². The van der Waals surface area contributed by atoms with Gasteiger partial charge < -0.3 is 14.8 Å². The molecule has 0 saturated carbocycles. The number of carbonyl (C=O) groups is 5. The molecule has 2 aromatic rings. The van der Waals surface area contributed by atoms with Crippen LogP contribution < -0.4 is 10.2 Å². The highest BCUT2D eigenvalue weighted by Gasteiger charge is 2.50. The first kappa shape index (κ1) is 24.8. The number of imide groups is 1. The van der Waals surface area contributed by atoms with Crippen molar-refractivity contribution in [1.29, 1.82) is 0 Å². The molecule has 3 atom stereocenters. The van der Waals surface area contributed by atoms with E-state index in [4.69, 9.17) is 9.47 Å². The maximum atomic E-state index is 12.9. The zero-order valence-electron chi connectivity index (χ0n) is 19.9. The Morgan fingerprint density at radius 2 is 1.53 bits per heavy atom. The van der Waals surface area contributed by atoms with Gasteiger partial charge in [0.1, 0.15) is 0 Å². The van der Waals surface area contributed by atoms with Crippen LogP contribution in [0.1, 0.15) is 41.0 Å². The van der Waals surface area contributed by atoms with Crippen molar-refractivity contribution in [3.8, 4) is 0 Å². The molecule has 3 amide bonds. The number of ether oxygens (including phenoxy) is 2. The summed E-state index contributed by atoms with van der Waals surface area (Å²) in [6.45, 7) is 3.38. The summed E-state index contributed by atoms with van der Waals surface area (Å²) < 4.78 is 9.98. The van der Waals surface area contributed by atoms with Gasteiger partial charge in [0.05, 0.1) is 35.3 Å². The predicted molar refractivity (Wildman–Crippen MR) is 130 cm³/mol. The molecule has 9 nitrogen and oxygen atoms in total. The van der Waals surface area contributed by atoms with Gasteiger partial charge in [-0.25, -0.2) is 9.59 Å². The van der Waals surface area contributed by atoms with E-state index in [0.717, 1.165) is 0 Å². The van der Waals surface area contributed by atoms with E-state index in [1.54, 1.807) is 19.1 Å². The van der Waals surface area contributed by atoms with Gasteiger partial charge in [-0.1, -0.05) is 19.1 Å².